The predicted octanol–water partition coefficient (Wildman–Crippen LogP) is 2.83. The molecular formula is C12H13ClN4O4S. The summed E-state index contributed by atoms with van der Waals surface area (Å²) in [6.07, 6.45) is 1.64. The predicted molar refractivity (Wildman–Crippen MR) is 81.5 cm³/mol. The van der Waals surface area contributed by atoms with E-state index in [-0.39, 0.29) is 27.5 Å². The van der Waals surface area contributed by atoms with Crippen molar-refractivity contribution >= 4 is 33.1 Å². The van der Waals surface area contributed by atoms with Crippen LogP contribution in [0.25, 0.3) is 0 Å². The van der Waals surface area contributed by atoms with Crippen molar-refractivity contribution in [2.45, 2.75) is 24.8 Å². The minimum Gasteiger partial charge on any atom is -0.268 e. The third-order valence-corrected chi connectivity index (χ3v) is 4.63. The van der Waals surface area contributed by atoms with Gasteiger partial charge in [-0.2, -0.15) is 5.10 Å². The van der Waals surface area contributed by atoms with Gasteiger partial charge in [-0.05, 0) is 19.9 Å². The van der Waals surface area contributed by atoms with Gasteiger partial charge in [-0.15, -0.1) is 0 Å². The van der Waals surface area contributed by atoms with Gasteiger partial charge in [-0.25, -0.2) is 8.42 Å². The number of aromatic nitrogens is 2. The van der Waals surface area contributed by atoms with Crippen molar-refractivity contribution in [1.82, 2.24) is 9.78 Å². The van der Waals surface area contributed by atoms with Gasteiger partial charge in [0.1, 0.15) is 4.90 Å². The van der Waals surface area contributed by atoms with Crippen LogP contribution in [0, 0.1) is 10.1 Å². The lowest BCUT2D eigenvalue weighted by Crippen LogP contribution is -2.14. The zero-order chi connectivity index (χ0) is 16.5. The van der Waals surface area contributed by atoms with Gasteiger partial charge >= 0.3 is 0 Å². The average molecular weight is 345 g/mol. The number of nitro groups is 1. The van der Waals surface area contributed by atoms with Gasteiger partial charge in [-0.3, -0.25) is 19.5 Å². The molecule has 0 bridgehead atoms. The summed E-state index contributed by atoms with van der Waals surface area (Å²) in [5.41, 5.74) is -0.284. The molecule has 0 saturated heterocycles. The SMILES string of the molecule is CC(C)n1ccc(NS(=O)(=O)c2ccc([N+](=O)[O-])cc2Cl)n1. The monoisotopic (exact) mass is 344 g/mol. The minimum atomic E-state index is -3.98. The number of nitrogens with zero attached hydrogens (tertiary/aromatic N) is 3. The summed E-state index contributed by atoms with van der Waals surface area (Å²) in [4.78, 5) is 9.74. The molecule has 22 heavy (non-hydrogen) atoms. The highest BCUT2D eigenvalue weighted by Gasteiger charge is 2.21. The Labute approximate surface area is 131 Å². The Bertz CT molecular complexity index is 816. The summed E-state index contributed by atoms with van der Waals surface area (Å²) >= 11 is 5.83. The van der Waals surface area contributed by atoms with Gasteiger partial charge in [0.25, 0.3) is 15.7 Å². The first kappa shape index (κ1) is 16.2. The Morgan fingerprint density at radius 1 is 1.36 bits per heavy atom. The van der Waals surface area contributed by atoms with E-state index in [9.17, 15) is 18.5 Å². The fourth-order valence-corrected chi connectivity index (χ4v) is 3.23. The first-order valence-corrected chi connectivity index (χ1v) is 8.09. The topological polar surface area (TPSA) is 107 Å². The Kier molecular flexibility index (Phi) is 4.38. The summed E-state index contributed by atoms with van der Waals surface area (Å²) < 4.78 is 28.4. The van der Waals surface area contributed by atoms with E-state index >= 15 is 0 Å². The summed E-state index contributed by atoms with van der Waals surface area (Å²) in [7, 11) is -3.98. The van der Waals surface area contributed by atoms with Crippen LogP contribution in [-0.2, 0) is 10.0 Å². The third-order valence-electron chi connectivity index (χ3n) is 2.79. The van der Waals surface area contributed by atoms with Crippen LogP contribution in [0.3, 0.4) is 0 Å². The maximum Gasteiger partial charge on any atom is 0.271 e. The molecule has 0 aliphatic heterocycles. The second-order valence-electron chi connectivity index (χ2n) is 4.75. The van der Waals surface area contributed by atoms with Gasteiger partial charge < -0.3 is 0 Å². The van der Waals surface area contributed by atoms with E-state index in [1.54, 1.807) is 10.9 Å². The number of halogens is 1. The van der Waals surface area contributed by atoms with E-state index in [1.807, 2.05) is 13.8 Å². The highest BCUT2D eigenvalue weighted by Crippen LogP contribution is 2.27. The fourth-order valence-electron chi connectivity index (χ4n) is 1.69. The largest absolute Gasteiger partial charge is 0.271 e. The number of rotatable bonds is 5. The van der Waals surface area contributed by atoms with Crippen molar-refractivity contribution in [3.8, 4) is 0 Å². The molecule has 2 rings (SSSR count). The standard InChI is InChI=1S/C12H13ClN4O4S/c1-8(2)16-6-5-12(14-16)15-22(20,21)11-4-3-9(17(18)19)7-10(11)13/h3-8H,1-2H3,(H,14,15). The Hall–Kier alpha value is -2.13. The molecule has 118 valence electrons. The van der Waals surface area contributed by atoms with Crippen LogP contribution in [0.15, 0.2) is 35.4 Å². The van der Waals surface area contributed by atoms with Crippen molar-refractivity contribution in [3.05, 3.63) is 45.6 Å². The molecule has 0 unspecified atom stereocenters. The Morgan fingerprint density at radius 2 is 2.05 bits per heavy atom. The molecule has 1 heterocycles. The molecule has 8 nitrogen and oxygen atoms in total. The zero-order valence-corrected chi connectivity index (χ0v) is 13.3. The molecule has 0 saturated carbocycles. The fraction of sp³-hybridized carbons (Fsp3) is 0.250. The van der Waals surface area contributed by atoms with E-state index in [2.05, 4.69) is 9.82 Å². The maximum atomic E-state index is 12.3. The summed E-state index contributed by atoms with van der Waals surface area (Å²) in [6, 6.07) is 4.75. The van der Waals surface area contributed by atoms with Crippen LogP contribution in [0.2, 0.25) is 5.02 Å². The number of non-ortho nitro benzene ring substituents is 1. The maximum absolute atomic E-state index is 12.3. The third kappa shape index (κ3) is 3.37. The van der Waals surface area contributed by atoms with Crippen molar-refractivity contribution in [1.29, 1.82) is 0 Å². The molecule has 0 aliphatic carbocycles. The normalized spacial score (nSPS) is 11.6. The van der Waals surface area contributed by atoms with Gasteiger partial charge in [-0.1, -0.05) is 11.6 Å². The van der Waals surface area contributed by atoms with Crippen molar-refractivity contribution in [2.24, 2.45) is 0 Å². The highest BCUT2D eigenvalue weighted by molar-refractivity contribution is 7.92. The molecule has 0 fully saturated rings. The van der Waals surface area contributed by atoms with Crippen molar-refractivity contribution in [2.75, 3.05) is 4.72 Å². The van der Waals surface area contributed by atoms with Crippen LogP contribution in [0.5, 0.6) is 0 Å². The van der Waals surface area contributed by atoms with Crippen molar-refractivity contribution in [3.63, 3.8) is 0 Å². The lowest BCUT2D eigenvalue weighted by atomic mass is 10.3. The quantitative estimate of drug-likeness (QED) is 0.662. The molecule has 1 N–H and O–H groups in total. The number of anilines is 1. The van der Waals surface area contributed by atoms with Crippen LogP contribution < -0.4 is 4.72 Å². The number of hydrogen-bond donors (Lipinski definition) is 1. The minimum absolute atomic E-state index is 0.0845. The molecule has 10 heteroatoms. The lowest BCUT2D eigenvalue weighted by molar-refractivity contribution is -0.384. The molecule has 0 radical (unpaired) electrons. The summed E-state index contributed by atoms with van der Waals surface area (Å²) in [5.74, 6) is 0.142. The number of nitrogens with one attached hydrogen (secondary N) is 1. The van der Waals surface area contributed by atoms with E-state index < -0.39 is 14.9 Å². The second kappa shape index (κ2) is 5.93. The molecule has 0 spiro atoms. The Morgan fingerprint density at radius 3 is 2.55 bits per heavy atom. The van der Waals surface area contributed by atoms with Gasteiger partial charge in [0.15, 0.2) is 5.82 Å². The number of sulfonamides is 1. The molecule has 1 aromatic heterocycles. The van der Waals surface area contributed by atoms with Gasteiger partial charge in [0.2, 0.25) is 0 Å². The molecule has 0 atom stereocenters. The molecule has 0 aliphatic rings. The molecule has 2 aromatic rings. The molecule has 1 aromatic carbocycles. The van der Waals surface area contributed by atoms with Gasteiger partial charge in [0.05, 0.1) is 9.95 Å². The average Bonchev–Trinajstić information content (AvgIpc) is 2.86. The summed E-state index contributed by atoms with van der Waals surface area (Å²) in [5, 5.41) is 14.5. The second-order valence-corrected chi connectivity index (χ2v) is 6.81. The number of hydrogen-bond acceptors (Lipinski definition) is 5. The Balaban J connectivity index is 2.32. The molecule has 0 amide bonds. The highest BCUT2D eigenvalue weighted by atomic mass is 35.5. The van der Waals surface area contributed by atoms with Gasteiger partial charge in [0, 0.05) is 30.4 Å². The van der Waals surface area contributed by atoms with E-state index in [4.69, 9.17) is 11.6 Å². The first-order valence-electron chi connectivity index (χ1n) is 6.22. The van der Waals surface area contributed by atoms with Crippen LogP contribution in [0.4, 0.5) is 11.5 Å². The van der Waals surface area contributed by atoms with Crippen LogP contribution in [0.1, 0.15) is 19.9 Å². The number of nitro benzene ring substituents is 1. The van der Waals surface area contributed by atoms with E-state index in [1.165, 1.54) is 6.07 Å². The van der Waals surface area contributed by atoms with E-state index in [0.717, 1.165) is 18.2 Å². The summed E-state index contributed by atoms with van der Waals surface area (Å²) in [6.45, 7) is 3.80. The van der Waals surface area contributed by atoms with Crippen LogP contribution >= 0.6 is 11.6 Å². The first-order chi connectivity index (χ1) is 10.2. The molecular weight excluding hydrogens is 332 g/mol. The number of benzene rings is 1. The zero-order valence-electron chi connectivity index (χ0n) is 11.7. The lowest BCUT2D eigenvalue weighted by Gasteiger charge is -2.08. The smallest absolute Gasteiger partial charge is 0.268 e. The van der Waals surface area contributed by atoms with Crippen molar-refractivity contribution < 1.29 is 13.3 Å². The van der Waals surface area contributed by atoms with E-state index in [0.29, 0.717) is 0 Å². The van der Waals surface area contributed by atoms with Crippen LogP contribution in [-0.4, -0.2) is 23.1 Å².